The quantitative estimate of drug-likeness (QED) is 0.645. The van der Waals surface area contributed by atoms with Gasteiger partial charge < -0.3 is 15.4 Å². The third-order valence-corrected chi connectivity index (χ3v) is 3.98. The maximum Gasteiger partial charge on any atom is 0.326 e. The maximum atomic E-state index is 11.8. The van der Waals surface area contributed by atoms with Gasteiger partial charge in [0.05, 0.1) is 6.61 Å². The molecule has 6 heteroatoms. The van der Waals surface area contributed by atoms with Crippen molar-refractivity contribution in [1.82, 2.24) is 0 Å². The van der Waals surface area contributed by atoms with E-state index in [0.717, 1.165) is 22.4 Å². The van der Waals surface area contributed by atoms with Crippen LogP contribution in [0.15, 0.2) is 42.5 Å². The summed E-state index contributed by atoms with van der Waals surface area (Å²) in [7, 11) is 0. The summed E-state index contributed by atoms with van der Waals surface area (Å²) in [5, 5.41) is 0.779. The van der Waals surface area contributed by atoms with E-state index in [1.54, 1.807) is 11.8 Å². The summed E-state index contributed by atoms with van der Waals surface area (Å²) in [5.74, 6) is -0.380. The number of benzene rings is 2. The second-order valence-corrected chi connectivity index (χ2v) is 6.09. The van der Waals surface area contributed by atoms with Crippen LogP contribution >= 0.6 is 23.8 Å². The number of hydrogen-bond acceptors (Lipinski definition) is 3. The highest BCUT2D eigenvalue weighted by molar-refractivity contribution is 7.80. The predicted molar refractivity (Wildman–Crippen MR) is 102 cm³/mol. The van der Waals surface area contributed by atoms with Crippen molar-refractivity contribution in [2.75, 3.05) is 18.1 Å². The van der Waals surface area contributed by atoms with Gasteiger partial charge in [0, 0.05) is 10.7 Å². The van der Waals surface area contributed by atoms with E-state index >= 15 is 0 Å². The fourth-order valence-electron chi connectivity index (χ4n) is 2.38. The van der Waals surface area contributed by atoms with Crippen molar-refractivity contribution in [3.05, 3.63) is 53.1 Å². The molecule has 0 aliphatic rings. The molecule has 2 aromatic carbocycles. The van der Waals surface area contributed by atoms with Gasteiger partial charge >= 0.3 is 5.97 Å². The molecule has 0 saturated heterocycles. The Morgan fingerprint density at radius 1 is 1.29 bits per heavy atom. The van der Waals surface area contributed by atoms with Crippen molar-refractivity contribution >= 4 is 40.6 Å². The number of nitrogens with two attached hydrogens (primary N) is 1. The molecule has 0 heterocycles. The maximum absolute atomic E-state index is 11.8. The largest absolute Gasteiger partial charge is 0.465 e. The number of hydrogen-bond donors (Lipinski definition) is 1. The van der Waals surface area contributed by atoms with Gasteiger partial charge in [0.2, 0.25) is 0 Å². The predicted octanol–water partition coefficient (Wildman–Crippen LogP) is 3.93. The molecule has 0 fully saturated rings. The Bertz CT molecular complexity index is 764. The van der Waals surface area contributed by atoms with E-state index in [0.29, 0.717) is 11.6 Å². The van der Waals surface area contributed by atoms with Crippen molar-refractivity contribution in [1.29, 1.82) is 0 Å². The van der Waals surface area contributed by atoms with Crippen LogP contribution in [0.2, 0.25) is 5.02 Å². The van der Waals surface area contributed by atoms with Crippen LogP contribution in [0, 0.1) is 6.92 Å². The molecule has 0 bridgehead atoms. The SMILES string of the molecule is CCOC(=O)CN(C(N)=S)c1cccc(-c2cc(Cl)ccc2C)c1. The molecule has 0 aliphatic carbocycles. The lowest BCUT2D eigenvalue weighted by Gasteiger charge is -2.22. The van der Waals surface area contributed by atoms with Crippen molar-refractivity contribution in [2.24, 2.45) is 5.73 Å². The van der Waals surface area contributed by atoms with Gasteiger partial charge in [0.25, 0.3) is 0 Å². The minimum atomic E-state index is -0.380. The Labute approximate surface area is 152 Å². The molecule has 126 valence electrons. The average Bonchev–Trinajstić information content (AvgIpc) is 2.55. The van der Waals surface area contributed by atoms with Crippen LogP contribution in [0.1, 0.15) is 12.5 Å². The number of aryl methyl sites for hydroxylation is 1. The third kappa shape index (κ3) is 4.46. The zero-order valence-corrected chi connectivity index (χ0v) is 15.2. The highest BCUT2D eigenvalue weighted by Gasteiger charge is 2.16. The highest BCUT2D eigenvalue weighted by Crippen LogP contribution is 2.29. The summed E-state index contributed by atoms with van der Waals surface area (Å²) < 4.78 is 4.98. The second-order valence-electron chi connectivity index (χ2n) is 5.24. The molecule has 0 atom stereocenters. The number of nitrogens with zero attached hydrogens (tertiary/aromatic N) is 1. The van der Waals surface area contributed by atoms with Crippen LogP contribution < -0.4 is 10.6 Å². The summed E-state index contributed by atoms with van der Waals surface area (Å²) >= 11 is 11.2. The third-order valence-electron chi connectivity index (χ3n) is 3.53. The monoisotopic (exact) mass is 362 g/mol. The zero-order valence-electron chi connectivity index (χ0n) is 13.6. The topological polar surface area (TPSA) is 55.6 Å². The Balaban J connectivity index is 2.38. The summed E-state index contributed by atoms with van der Waals surface area (Å²) in [5.41, 5.74) is 9.60. The normalized spacial score (nSPS) is 10.3. The van der Waals surface area contributed by atoms with E-state index in [4.69, 9.17) is 34.3 Å². The molecule has 0 saturated carbocycles. The summed E-state index contributed by atoms with van der Waals surface area (Å²) in [4.78, 5) is 13.3. The first-order valence-electron chi connectivity index (χ1n) is 7.51. The van der Waals surface area contributed by atoms with E-state index < -0.39 is 0 Å². The van der Waals surface area contributed by atoms with E-state index in [-0.39, 0.29) is 17.6 Å². The van der Waals surface area contributed by atoms with Gasteiger partial charge in [-0.05, 0) is 67.0 Å². The van der Waals surface area contributed by atoms with Crippen LogP contribution in [0.3, 0.4) is 0 Å². The second kappa shape index (κ2) is 8.13. The fourth-order valence-corrected chi connectivity index (χ4v) is 2.72. The summed E-state index contributed by atoms with van der Waals surface area (Å²) in [6.07, 6.45) is 0. The first-order valence-corrected chi connectivity index (χ1v) is 8.30. The molecule has 4 nitrogen and oxygen atoms in total. The molecule has 2 N–H and O–H groups in total. The lowest BCUT2D eigenvalue weighted by atomic mass is 10.00. The molecule has 0 radical (unpaired) electrons. The first kappa shape index (κ1) is 18.2. The Kier molecular flexibility index (Phi) is 6.17. The van der Waals surface area contributed by atoms with E-state index in [1.165, 1.54) is 0 Å². The Hall–Kier alpha value is -2.11. The number of ether oxygens (including phenoxy) is 1. The van der Waals surface area contributed by atoms with Crippen molar-refractivity contribution in [3.8, 4) is 11.1 Å². The molecular weight excluding hydrogens is 344 g/mol. The number of halogens is 1. The summed E-state index contributed by atoms with van der Waals surface area (Å²) in [6.45, 7) is 4.06. The number of thiocarbonyl (C=S) groups is 1. The van der Waals surface area contributed by atoms with Crippen LogP contribution in [0.25, 0.3) is 11.1 Å². The van der Waals surface area contributed by atoms with Gasteiger partial charge in [-0.25, -0.2) is 0 Å². The van der Waals surface area contributed by atoms with Gasteiger partial charge in [-0.1, -0.05) is 29.8 Å². The van der Waals surface area contributed by atoms with Gasteiger partial charge in [-0.3, -0.25) is 4.79 Å². The molecule has 24 heavy (non-hydrogen) atoms. The Morgan fingerprint density at radius 2 is 2.04 bits per heavy atom. The fraction of sp³-hybridized carbons (Fsp3) is 0.222. The number of esters is 1. The van der Waals surface area contributed by atoms with Gasteiger partial charge in [-0.15, -0.1) is 0 Å². The van der Waals surface area contributed by atoms with Gasteiger partial charge in [0.1, 0.15) is 6.54 Å². The molecule has 2 rings (SSSR count). The molecule has 0 amide bonds. The smallest absolute Gasteiger partial charge is 0.326 e. The van der Waals surface area contributed by atoms with Crippen molar-refractivity contribution in [2.45, 2.75) is 13.8 Å². The van der Waals surface area contributed by atoms with Crippen LogP contribution in [0.5, 0.6) is 0 Å². The van der Waals surface area contributed by atoms with E-state index in [1.807, 2.05) is 49.4 Å². The number of carbonyl (C=O) groups excluding carboxylic acids is 1. The highest BCUT2D eigenvalue weighted by atomic mass is 35.5. The van der Waals surface area contributed by atoms with Crippen molar-refractivity contribution in [3.63, 3.8) is 0 Å². The number of carbonyl (C=O) groups is 1. The molecular formula is C18H19ClN2O2S. The van der Waals surface area contributed by atoms with Crippen molar-refractivity contribution < 1.29 is 9.53 Å². The lowest BCUT2D eigenvalue weighted by Crippen LogP contribution is -2.40. The molecule has 2 aromatic rings. The Morgan fingerprint density at radius 3 is 2.71 bits per heavy atom. The molecule has 0 aromatic heterocycles. The summed E-state index contributed by atoms with van der Waals surface area (Å²) in [6, 6.07) is 13.4. The van der Waals surface area contributed by atoms with Gasteiger partial charge in [-0.2, -0.15) is 0 Å². The molecule has 0 spiro atoms. The van der Waals surface area contributed by atoms with Crippen LogP contribution in [-0.2, 0) is 9.53 Å². The van der Waals surface area contributed by atoms with Crippen LogP contribution in [-0.4, -0.2) is 24.2 Å². The van der Waals surface area contributed by atoms with Gasteiger partial charge in [0.15, 0.2) is 5.11 Å². The molecule has 0 unspecified atom stereocenters. The average molecular weight is 363 g/mol. The van der Waals surface area contributed by atoms with Crippen LogP contribution in [0.4, 0.5) is 5.69 Å². The molecule has 0 aliphatic heterocycles. The lowest BCUT2D eigenvalue weighted by molar-refractivity contribution is -0.141. The standard InChI is InChI=1S/C18H19ClN2O2S/c1-3-23-17(22)11-21(18(20)24)15-6-4-5-13(9-15)16-10-14(19)8-7-12(16)2/h4-10H,3,11H2,1-2H3,(H2,20,24). The zero-order chi connectivity index (χ0) is 17.7. The van der Waals surface area contributed by atoms with E-state index in [2.05, 4.69) is 0 Å². The first-order chi connectivity index (χ1) is 11.4. The number of rotatable bonds is 5. The minimum Gasteiger partial charge on any atom is -0.465 e. The van der Waals surface area contributed by atoms with E-state index in [9.17, 15) is 4.79 Å². The minimum absolute atomic E-state index is 0.0266. The number of anilines is 1.